The molecule has 1 aromatic heterocycles. The van der Waals surface area contributed by atoms with Crippen LogP contribution in [0.3, 0.4) is 0 Å². The van der Waals surface area contributed by atoms with Crippen molar-refractivity contribution in [1.82, 2.24) is 10.2 Å². The summed E-state index contributed by atoms with van der Waals surface area (Å²) in [5, 5.41) is 12.6. The fourth-order valence-electron chi connectivity index (χ4n) is 2.51. The van der Waals surface area contributed by atoms with E-state index in [9.17, 15) is 4.79 Å². The van der Waals surface area contributed by atoms with Gasteiger partial charge in [0.1, 0.15) is 22.1 Å². The minimum atomic E-state index is -0.330. The Morgan fingerprint density at radius 1 is 1.20 bits per heavy atom. The van der Waals surface area contributed by atoms with E-state index in [1.807, 2.05) is 0 Å². The molecule has 2 aromatic rings. The maximum atomic E-state index is 12.7. The molecule has 2 rings (SSSR count). The Morgan fingerprint density at radius 3 is 2.40 bits per heavy atom. The van der Waals surface area contributed by atoms with E-state index in [0.29, 0.717) is 22.2 Å². The summed E-state index contributed by atoms with van der Waals surface area (Å²) in [5.74, 6) is 0.568. The highest BCUT2D eigenvalue weighted by atomic mass is 32.1. The van der Waals surface area contributed by atoms with Crippen molar-refractivity contribution in [1.29, 1.82) is 0 Å². The first-order valence-electron chi connectivity index (χ1n) is 8.29. The standard InChI is InChI=1S/C18H25N3O3S/c1-6-7-11-18(2,3)16-20-21-17(25-16)19-15(22)14-12(23-4)9-8-10-13(14)24-5/h8-10H,6-7,11H2,1-5H3,(H,19,21,22). The van der Waals surface area contributed by atoms with Gasteiger partial charge < -0.3 is 9.47 Å². The molecule has 0 unspecified atom stereocenters. The largest absolute Gasteiger partial charge is 0.496 e. The number of carbonyl (C=O) groups excluding carboxylic acids is 1. The zero-order valence-electron chi connectivity index (χ0n) is 15.4. The summed E-state index contributed by atoms with van der Waals surface area (Å²) in [6, 6.07) is 5.21. The molecule has 7 heteroatoms. The molecule has 1 N–H and O–H groups in total. The van der Waals surface area contributed by atoms with E-state index in [-0.39, 0.29) is 11.3 Å². The molecular weight excluding hydrogens is 338 g/mol. The van der Waals surface area contributed by atoms with Crippen molar-refractivity contribution in [3.8, 4) is 11.5 Å². The molecule has 0 aliphatic rings. The second kappa shape index (κ2) is 8.29. The number of hydrogen-bond acceptors (Lipinski definition) is 6. The van der Waals surface area contributed by atoms with Gasteiger partial charge in [-0.15, -0.1) is 10.2 Å². The zero-order valence-corrected chi connectivity index (χ0v) is 16.2. The molecule has 25 heavy (non-hydrogen) atoms. The smallest absolute Gasteiger partial charge is 0.265 e. The Morgan fingerprint density at radius 2 is 1.84 bits per heavy atom. The molecule has 0 fully saturated rings. The molecule has 1 aromatic carbocycles. The van der Waals surface area contributed by atoms with Crippen LogP contribution in [0.1, 0.15) is 55.4 Å². The number of hydrogen-bond donors (Lipinski definition) is 1. The van der Waals surface area contributed by atoms with Gasteiger partial charge in [-0.1, -0.05) is 51.0 Å². The van der Waals surface area contributed by atoms with Gasteiger partial charge in [-0.2, -0.15) is 0 Å². The number of nitrogens with one attached hydrogen (secondary N) is 1. The van der Waals surface area contributed by atoms with Crippen LogP contribution >= 0.6 is 11.3 Å². The zero-order chi connectivity index (χ0) is 18.4. The molecule has 0 radical (unpaired) electrons. The van der Waals surface area contributed by atoms with Crippen LogP contribution in [0.4, 0.5) is 5.13 Å². The highest BCUT2D eigenvalue weighted by Gasteiger charge is 2.26. The Kier molecular flexibility index (Phi) is 6.36. The molecule has 0 bridgehead atoms. The molecule has 6 nitrogen and oxygen atoms in total. The van der Waals surface area contributed by atoms with E-state index in [0.717, 1.165) is 24.3 Å². The van der Waals surface area contributed by atoms with Crippen LogP contribution in [0.25, 0.3) is 0 Å². The fourth-order valence-corrected chi connectivity index (χ4v) is 3.38. The van der Waals surface area contributed by atoms with Crippen molar-refractivity contribution in [2.75, 3.05) is 19.5 Å². The van der Waals surface area contributed by atoms with E-state index in [1.54, 1.807) is 18.2 Å². The van der Waals surface area contributed by atoms with Crippen LogP contribution in [0.2, 0.25) is 0 Å². The van der Waals surface area contributed by atoms with E-state index in [2.05, 4.69) is 36.3 Å². The number of nitrogens with zero attached hydrogens (tertiary/aromatic N) is 2. The molecular formula is C18H25N3O3S. The molecule has 0 spiro atoms. The van der Waals surface area contributed by atoms with Gasteiger partial charge in [0.25, 0.3) is 5.91 Å². The third kappa shape index (κ3) is 4.48. The maximum absolute atomic E-state index is 12.7. The van der Waals surface area contributed by atoms with Crippen molar-refractivity contribution < 1.29 is 14.3 Å². The van der Waals surface area contributed by atoms with E-state index in [4.69, 9.17) is 9.47 Å². The lowest BCUT2D eigenvalue weighted by Gasteiger charge is -2.20. The van der Waals surface area contributed by atoms with Crippen LogP contribution in [0, 0.1) is 0 Å². The predicted molar refractivity (Wildman–Crippen MR) is 100.0 cm³/mol. The molecule has 0 saturated carbocycles. The monoisotopic (exact) mass is 363 g/mol. The molecule has 0 aliphatic heterocycles. The first-order chi connectivity index (χ1) is 11.9. The summed E-state index contributed by atoms with van der Waals surface area (Å²) in [7, 11) is 3.04. The second-order valence-electron chi connectivity index (χ2n) is 6.39. The van der Waals surface area contributed by atoms with Gasteiger partial charge in [-0.25, -0.2) is 0 Å². The molecule has 1 amide bonds. The average molecular weight is 363 g/mol. The summed E-state index contributed by atoms with van der Waals surface area (Å²) >= 11 is 1.40. The highest BCUT2D eigenvalue weighted by molar-refractivity contribution is 7.15. The van der Waals surface area contributed by atoms with Gasteiger partial charge in [0.15, 0.2) is 0 Å². The number of carbonyl (C=O) groups is 1. The Balaban J connectivity index is 2.20. The van der Waals surface area contributed by atoms with Gasteiger partial charge in [-0.3, -0.25) is 10.1 Å². The summed E-state index contributed by atoms with van der Waals surface area (Å²) < 4.78 is 10.6. The first-order valence-corrected chi connectivity index (χ1v) is 9.11. The topological polar surface area (TPSA) is 73.3 Å². The number of aromatic nitrogens is 2. The van der Waals surface area contributed by atoms with Crippen LogP contribution in [-0.4, -0.2) is 30.3 Å². The van der Waals surface area contributed by atoms with E-state index < -0.39 is 0 Å². The lowest BCUT2D eigenvalue weighted by molar-refractivity contribution is 0.102. The Hall–Kier alpha value is -2.15. The quantitative estimate of drug-likeness (QED) is 0.758. The molecule has 1 heterocycles. The van der Waals surface area contributed by atoms with Gasteiger partial charge in [0, 0.05) is 5.41 Å². The number of benzene rings is 1. The molecule has 0 atom stereocenters. The molecule has 0 saturated heterocycles. The number of rotatable bonds is 8. The molecule has 136 valence electrons. The van der Waals surface area contributed by atoms with Crippen LogP contribution < -0.4 is 14.8 Å². The molecule has 0 aliphatic carbocycles. The number of methoxy groups -OCH3 is 2. The summed E-state index contributed by atoms with van der Waals surface area (Å²) in [4.78, 5) is 12.7. The lowest BCUT2D eigenvalue weighted by Crippen LogP contribution is -2.16. The normalized spacial score (nSPS) is 11.2. The maximum Gasteiger partial charge on any atom is 0.265 e. The van der Waals surface area contributed by atoms with Crippen molar-refractivity contribution in [2.24, 2.45) is 0 Å². The van der Waals surface area contributed by atoms with Crippen molar-refractivity contribution >= 4 is 22.4 Å². The number of unbranched alkanes of at least 4 members (excludes halogenated alkanes) is 1. The van der Waals surface area contributed by atoms with Crippen molar-refractivity contribution in [3.63, 3.8) is 0 Å². The average Bonchev–Trinajstić information content (AvgIpc) is 3.08. The van der Waals surface area contributed by atoms with Gasteiger partial charge in [0.2, 0.25) is 5.13 Å². The number of ether oxygens (including phenoxy) is 2. The third-order valence-corrected chi connectivity index (χ3v) is 5.24. The van der Waals surface area contributed by atoms with Crippen molar-refractivity contribution in [2.45, 2.75) is 45.4 Å². The predicted octanol–water partition coefficient (Wildman–Crippen LogP) is 4.28. The van der Waals surface area contributed by atoms with Crippen molar-refractivity contribution in [3.05, 3.63) is 28.8 Å². The minimum absolute atomic E-state index is 0.0568. The van der Waals surface area contributed by atoms with E-state index in [1.165, 1.54) is 25.6 Å². The van der Waals surface area contributed by atoms with Crippen LogP contribution in [-0.2, 0) is 5.41 Å². The van der Waals surface area contributed by atoms with E-state index >= 15 is 0 Å². The first kappa shape index (κ1) is 19.2. The van der Waals surface area contributed by atoms with Crippen LogP contribution in [0.5, 0.6) is 11.5 Å². The minimum Gasteiger partial charge on any atom is -0.496 e. The number of anilines is 1. The fraction of sp³-hybridized carbons (Fsp3) is 0.500. The second-order valence-corrected chi connectivity index (χ2v) is 7.37. The Bertz CT molecular complexity index is 706. The van der Waals surface area contributed by atoms with Gasteiger partial charge in [0.05, 0.1) is 14.2 Å². The SMILES string of the molecule is CCCCC(C)(C)c1nnc(NC(=O)c2c(OC)cccc2OC)s1. The Labute approximate surface area is 152 Å². The summed E-state index contributed by atoms with van der Waals surface area (Å²) in [6.45, 7) is 6.47. The number of amides is 1. The summed E-state index contributed by atoms with van der Waals surface area (Å²) in [5.41, 5.74) is 0.285. The van der Waals surface area contributed by atoms with Gasteiger partial charge >= 0.3 is 0 Å². The summed E-state index contributed by atoms with van der Waals surface area (Å²) in [6.07, 6.45) is 3.30. The van der Waals surface area contributed by atoms with Gasteiger partial charge in [-0.05, 0) is 18.6 Å². The van der Waals surface area contributed by atoms with Crippen LogP contribution in [0.15, 0.2) is 18.2 Å². The highest BCUT2D eigenvalue weighted by Crippen LogP contribution is 2.34. The lowest BCUT2D eigenvalue weighted by atomic mass is 9.88. The third-order valence-electron chi connectivity index (χ3n) is 4.03.